The van der Waals surface area contributed by atoms with Crippen molar-refractivity contribution in [2.75, 3.05) is 0 Å². The Morgan fingerprint density at radius 1 is 0.800 bits per heavy atom. The van der Waals surface area contributed by atoms with Crippen molar-refractivity contribution in [3.8, 4) is 0 Å². The predicted octanol–water partition coefficient (Wildman–Crippen LogP) is 8.89. The van der Waals surface area contributed by atoms with Crippen LogP contribution >= 0.6 is 0 Å². The Balaban J connectivity index is 1.53. The Morgan fingerprint density at radius 2 is 1.40 bits per heavy atom. The van der Waals surface area contributed by atoms with E-state index in [4.69, 9.17) is 0 Å². The standard InChI is InChI=1S/C26H38F4/c1-3-5-19-7-12-21(13-8-19)22-14-9-20(10-15-22)11-16-24-18-17-23(6-4-2)25(27,28)26(24,29)30/h11,16-22H,3-10,12-15H2,1-2H3/b16-11+. The molecule has 0 unspecified atom stereocenters. The normalized spacial score (nSPS) is 33.9. The summed E-state index contributed by atoms with van der Waals surface area (Å²) in [5, 5.41) is 0. The molecule has 30 heavy (non-hydrogen) atoms. The molecular weight excluding hydrogens is 388 g/mol. The molecule has 0 spiro atoms. The molecule has 0 aromatic carbocycles. The van der Waals surface area contributed by atoms with Crippen LogP contribution in [0.25, 0.3) is 0 Å². The van der Waals surface area contributed by atoms with E-state index in [-0.39, 0.29) is 12.3 Å². The Kier molecular flexibility index (Phi) is 7.90. The van der Waals surface area contributed by atoms with Gasteiger partial charge >= 0.3 is 11.8 Å². The smallest absolute Gasteiger partial charge is 0.194 e. The van der Waals surface area contributed by atoms with Crippen LogP contribution in [0.5, 0.6) is 0 Å². The molecule has 2 saturated carbocycles. The van der Waals surface area contributed by atoms with Crippen molar-refractivity contribution in [1.82, 2.24) is 0 Å². The molecular formula is C26H38F4. The number of alkyl halides is 4. The highest BCUT2D eigenvalue weighted by molar-refractivity contribution is 5.43. The van der Waals surface area contributed by atoms with Gasteiger partial charge in [0, 0.05) is 11.1 Å². The molecule has 3 aliphatic rings. The first-order valence-electron chi connectivity index (χ1n) is 12.1. The van der Waals surface area contributed by atoms with Gasteiger partial charge < -0.3 is 0 Å². The molecule has 0 N–H and O–H groups in total. The molecule has 0 aromatic rings. The second kappa shape index (κ2) is 10.0. The van der Waals surface area contributed by atoms with Crippen LogP contribution in [0.2, 0.25) is 0 Å². The van der Waals surface area contributed by atoms with E-state index in [9.17, 15) is 17.6 Å². The summed E-state index contributed by atoms with van der Waals surface area (Å²) in [5.41, 5.74) is -1.01. The Labute approximate surface area is 179 Å². The van der Waals surface area contributed by atoms with E-state index in [0.717, 1.165) is 43.4 Å². The van der Waals surface area contributed by atoms with Gasteiger partial charge in [0.25, 0.3) is 0 Å². The fourth-order valence-electron chi connectivity index (χ4n) is 5.86. The number of hydrogen-bond acceptors (Lipinski definition) is 0. The van der Waals surface area contributed by atoms with Gasteiger partial charge in [0.15, 0.2) is 0 Å². The maximum absolute atomic E-state index is 14.5. The topological polar surface area (TPSA) is 0 Å². The van der Waals surface area contributed by atoms with E-state index in [1.165, 1.54) is 56.8 Å². The molecule has 170 valence electrons. The first-order chi connectivity index (χ1) is 14.3. The molecule has 4 heteroatoms. The Morgan fingerprint density at radius 3 is 1.97 bits per heavy atom. The monoisotopic (exact) mass is 426 g/mol. The van der Waals surface area contributed by atoms with Crippen LogP contribution in [0.1, 0.15) is 90.9 Å². The highest BCUT2D eigenvalue weighted by Crippen LogP contribution is 2.49. The van der Waals surface area contributed by atoms with Crippen molar-refractivity contribution in [1.29, 1.82) is 0 Å². The number of allylic oxidation sites excluding steroid dienone is 6. The molecule has 0 amide bonds. The molecule has 3 aliphatic carbocycles. The third kappa shape index (κ3) is 5.05. The zero-order chi connectivity index (χ0) is 21.8. The molecule has 0 aromatic heterocycles. The number of hydrogen-bond donors (Lipinski definition) is 0. The van der Waals surface area contributed by atoms with E-state index in [2.05, 4.69) is 6.92 Å². The summed E-state index contributed by atoms with van der Waals surface area (Å²) < 4.78 is 57.5. The lowest BCUT2D eigenvalue weighted by Crippen LogP contribution is -2.44. The lowest BCUT2D eigenvalue weighted by Gasteiger charge is -2.37. The van der Waals surface area contributed by atoms with Gasteiger partial charge in [-0.05, 0) is 68.6 Å². The second-order valence-corrected chi connectivity index (χ2v) is 9.82. The van der Waals surface area contributed by atoms with Crippen molar-refractivity contribution in [3.63, 3.8) is 0 Å². The van der Waals surface area contributed by atoms with Crippen LogP contribution in [0.15, 0.2) is 35.5 Å². The van der Waals surface area contributed by atoms with Crippen molar-refractivity contribution in [3.05, 3.63) is 35.5 Å². The SMILES string of the molecule is CCCC1=CC=C(/C=C/C2CCC(C3CCC(CCC)CC3)CC2)C(F)(F)C1(F)F. The minimum absolute atomic E-state index is 0.000452. The summed E-state index contributed by atoms with van der Waals surface area (Å²) in [7, 11) is 0. The van der Waals surface area contributed by atoms with Gasteiger partial charge in [-0.3, -0.25) is 0 Å². The molecule has 3 rings (SSSR count). The molecule has 0 bridgehead atoms. The fourth-order valence-corrected chi connectivity index (χ4v) is 5.86. The highest BCUT2D eigenvalue weighted by Gasteiger charge is 2.60. The molecule has 0 radical (unpaired) electrons. The average Bonchev–Trinajstić information content (AvgIpc) is 2.73. The fraction of sp³-hybridized carbons (Fsp3) is 0.769. The highest BCUT2D eigenvalue weighted by atomic mass is 19.3. The second-order valence-electron chi connectivity index (χ2n) is 9.82. The van der Waals surface area contributed by atoms with Crippen LogP contribution in [-0.4, -0.2) is 11.8 Å². The van der Waals surface area contributed by atoms with Gasteiger partial charge in [-0.25, -0.2) is 0 Å². The zero-order valence-corrected chi connectivity index (χ0v) is 18.6. The van der Waals surface area contributed by atoms with E-state index in [1.807, 2.05) is 0 Å². The predicted molar refractivity (Wildman–Crippen MR) is 116 cm³/mol. The Hall–Kier alpha value is -1.06. The average molecular weight is 427 g/mol. The molecule has 0 atom stereocenters. The number of halogens is 4. The summed E-state index contributed by atoms with van der Waals surface area (Å²) in [5.74, 6) is -5.49. The first kappa shape index (κ1) is 23.6. The Bertz CT molecular complexity index is 642. The lowest BCUT2D eigenvalue weighted by atomic mass is 9.68. The van der Waals surface area contributed by atoms with E-state index in [1.54, 1.807) is 13.0 Å². The molecule has 0 aliphatic heterocycles. The van der Waals surface area contributed by atoms with Crippen LogP contribution in [0.3, 0.4) is 0 Å². The maximum Gasteiger partial charge on any atom is 0.339 e. The van der Waals surface area contributed by atoms with Crippen molar-refractivity contribution < 1.29 is 17.6 Å². The van der Waals surface area contributed by atoms with Crippen molar-refractivity contribution >= 4 is 0 Å². The molecule has 0 nitrogen and oxygen atoms in total. The van der Waals surface area contributed by atoms with Gasteiger partial charge in [-0.15, -0.1) is 0 Å². The molecule has 2 fully saturated rings. The third-order valence-corrected chi connectivity index (χ3v) is 7.76. The largest absolute Gasteiger partial charge is 0.339 e. The van der Waals surface area contributed by atoms with E-state index in [0.29, 0.717) is 6.42 Å². The summed E-state index contributed by atoms with van der Waals surface area (Å²) in [6.07, 6.45) is 18.2. The third-order valence-electron chi connectivity index (χ3n) is 7.76. The van der Waals surface area contributed by atoms with Crippen molar-refractivity contribution in [2.24, 2.45) is 23.7 Å². The van der Waals surface area contributed by atoms with Gasteiger partial charge in [0.05, 0.1) is 0 Å². The van der Waals surface area contributed by atoms with E-state index < -0.39 is 23.0 Å². The van der Waals surface area contributed by atoms with Gasteiger partial charge in [0.1, 0.15) is 0 Å². The zero-order valence-electron chi connectivity index (χ0n) is 18.6. The number of rotatable bonds is 7. The first-order valence-corrected chi connectivity index (χ1v) is 12.1. The minimum Gasteiger partial charge on any atom is -0.194 e. The molecule has 0 heterocycles. The quantitative estimate of drug-likeness (QED) is 0.357. The summed E-state index contributed by atoms with van der Waals surface area (Å²) in [4.78, 5) is 0. The minimum atomic E-state index is -4.13. The summed E-state index contributed by atoms with van der Waals surface area (Å²) in [6, 6.07) is 0. The van der Waals surface area contributed by atoms with Crippen molar-refractivity contribution in [2.45, 2.75) is 103 Å². The molecule has 0 saturated heterocycles. The maximum atomic E-state index is 14.5. The lowest BCUT2D eigenvalue weighted by molar-refractivity contribution is -0.162. The van der Waals surface area contributed by atoms with Gasteiger partial charge in [0.2, 0.25) is 0 Å². The van der Waals surface area contributed by atoms with Crippen LogP contribution in [-0.2, 0) is 0 Å². The van der Waals surface area contributed by atoms with Crippen LogP contribution in [0, 0.1) is 23.7 Å². The van der Waals surface area contributed by atoms with E-state index >= 15 is 0 Å². The van der Waals surface area contributed by atoms with Crippen LogP contribution < -0.4 is 0 Å². The van der Waals surface area contributed by atoms with Crippen LogP contribution in [0.4, 0.5) is 17.6 Å². The van der Waals surface area contributed by atoms with Gasteiger partial charge in [-0.2, -0.15) is 17.6 Å². The summed E-state index contributed by atoms with van der Waals surface area (Å²) >= 11 is 0. The summed E-state index contributed by atoms with van der Waals surface area (Å²) in [6.45, 7) is 3.99. The van der Waals surface area contributed by atoms with Gasteiger partial charge in [-0.1, -0.05) is 70.3 Å².